The van der Waals surface area contributed by atoms with Gasteiger partial charge >= 0.3 is 0 Å². The summed E-state index contributed by atoms with van der Waals surface area (Å²) in [6, 6.07) is 3.64. The van der Waals surface area contributed by atoms with E-state index in [1.807, 2.05) is 13.0 Å². The summed E-state index contributed by atoms with van der Waals surface area (Å²) in [4.78, 5) is 0. The van der Waals surface area contributed by atoms with E-state index in [2.05, 4.69) is 5.32 Å². The van der Waals surface area contributed by atoms with Crippen LogP contribution in [0.2, 0.25) is 5.02 Å². The molecule has 1 heterocycles. The number of nitrogens with one attached hydrogen (secondary N) is 1. The molecule has 3 heteroatoms. The van der Waals surface area contributed by atoms with E-state index in [0.29, 0.717) is 16.7 Å². The van der Waals surface area contributed by atoms with Gasteiger partial charge in [0.15, 0.2) is 0 Å². The molecule has 2 rings (SSSR count). The van der Waals surface area contributed by atoms with Gasteiger partial charge in [0.1, 0.15) is 5.75 Å². The number of phenolic OH excluding ortho intramolecular Hbond substituents is 1. The molecule has 1 fully saturated rings. The van der Waals surface area contributed by atoms with Gasteiger partial charge in [-0.25, -0.2) is 0 Å². The minimum Gasteiger partial charge on any atom is -0.508 e. The summed E-state index contributed by atoms with van der Waals surface area (Å²) in [5.41, 5.74) is 2.06. The maximum atomic E-state index is 9.76. The monoisotopic (exact) mass is 211 g/mol. The quantitative estimate of drug-likeness (QED) is 0.748. The van der Waals surface area contributed by atoms with Gasteiger partial charge in [0.25, 0.3) is 0 Å². The zero-order valence-electron chi connectivity index (χ0n) is 8.18. The first-order chi connectivity index (χ1) is 6.68. The Balaban J connectivity index is 2.37. The third kappa shape index (κ3) is 1.72. The van der Waals surface area contributed by atoms with E-state index in [1.165, 1.54) is 0 Å². The van der Waals surface area contributed by atoms with Crippen LogP contribution in [0.25, 0.3) is 0 Å². The lowest BCUT2D eigenvalue weighted by molar-refractivity contribution is 0.462. The lowest BCUT2D eigenvalue weighted by Crippen LogP contribution is -2.08. The van der Waals surface area contributed by atoms with Crippen LogP contribution >= 0.6 is 11.6 Å². The van der Waals surface area contributed by atoms with Crippen LogP contribution in [0.15, 0.2) is 12.1 Å². The number of rotatable bonds is 1. The van der Waals surface area contributed by atoms with Crippen LogP contribution < -0.4 is 5.32 Å². The first kappa shape index (κ1) is 9.81. The summed E-state index contributed by atoms with van der Waals surface area (Å²) in [6.45, 7) is 3.95. The average molecular weight is 212 g/mol. The Hall–Kier alpha value is -0.730. The van der Waals surface area contributed by atoms with E-state index in [0.717, 1.165) is 30.6 Å². The van der Waals surface area contributed by atoms with Crippen molar-refractivity contribution in [2.75, 3.05) is 13.1 Å². The Morgan fingerprint density at radius 1 is 1.50 bits per heavy atom. The Morgan fingerprint density at radius 2 is 2.29 bits per heavy atom. The van der Waals surface area contributed by atoms with Crippen LogP contribution in [0.3, 0.4) is 0 Å². The molecular weight excluding hydrogens is 198 g/mol. The maximum absolute atomic E-state index is 9.76. The van der Waals surface area contributed by atoms with E-state index in [4.69, 9.17) is 11.6 Å². The fourth-order valence-electron chi connectivity index (χ4n) is 1.94. The standard InChI is InChI=1S/C11H14ClNO/c1-7-4-9(8-2-3-13-6-8)11(14)5-10(7)12/h4-5,8,13-14H,2-3,6H2,1H3/t8-/m1/s1. The van der Waals surface area contributed by atoms with Crippen molar-refractivity contribution < 1.29 is 5.11 Å². The average Bonchev–Trinajstić information content (AvgIpc) is 2.64. The highest BCUT2D eigenvalue weighted by molar-refractivity contribution is 6.31. The number of phenols is 1. The molecule has 2 N–H and O–H groups in total. The number of hydrogen-bond donors (Lipinski definition) is 2. The van der Waals surface area contributed by atoms with Gasteiger partial charge in [-0.2, -0.15) is 0 Å². The lowest BCUT2D eigenvalue weighted by Gasteiger charge is -2.12. The Kier molecular flexibility index (Phi) is 2.66. The molecule has 1 aromatic rings. The Morgan fingerprint density at radius 3 is 2.93 bits per heavy atom. The van der Waals surface area contributed by atoms with E-state index in [1.54, 1.807) is 6.07 Å². The van der Waals surface area contributed by atoms with Crippen molar-refractivity contribution in [3.05, 3.63) is 28.3 Å². The van der Waals surface area contributed by atoms with Crippen molar-refractivity contribution >= 4 is 11.6 Å². The van der Waals surface area contributed by atoms with Gasteiger partial charge in [-0.05, 0) is 37.1 Å². The minimum atomic E-state index is 0.328. The largest absolute Gasteiger partial charge is 0.508 e. The predicted octanol–water partition coefficient (Wildman–Crippen LogP) is 2.43. The van der Waals surface area contributed by atoms with Gasteiger partial charge in [-0.15, -0.1) is 0 Å². The van der Waals surface area contributed by atoms with Crippen molar-refractivity contribution in [3.8, 4) is 5.75 Å². The summed E-state index contributed by atoms with van der Waals surface area (Å²) < 4.78 is 0. The molecule has 0 saturated carbocycles. The van der Waals surface area contributed by atoms with E-state index in [9.17, 15) is 5.11 Å². The Labute approximate surface area is 88.9 Å². The predicted molar refractivity (Wildman–Crippen MR) is 58.1 cm³/mol. The van der Waals surface area contributed by atoms with E-state index in [-0.39, 0.29) is 0 Å². The molecule has 0 unspecified atom stereocenters. The van der Waals surface area contributed by atoms with E-state index < -0.39 is 0 Å². The first-order valence-electron chi connectivity index (χ1n) is 4.88. The van der Waals surface area contributed by atoms with Gasteiger partial charge in [-0.1, -0.05) is 17.7 Å². The van der Waals surface area contributed by atoms with E-state index >= 15 is 0 Å². The highest BCUT2D eigenvalue weighted by Gasteiger charge is 2.20. The fraction of sp³-hybridized carbons (Fsp3) is 0.455. The van der Waals surface area contributed by atoms with Crippen LogP contribution in [0.4, 0.5) is 0 Å². The molecular formula is C11H14ClNO. The van der Waals surface area contributed by atoms with Crippen molar-refractivity contribution in [2.45, 2.75) is 19.3 Å². The molecule has 1 atom stereocenters. The topological polar surface area (TPSA) is 32.3 Å². The van der Waals surface area contributed by atoms with Gasteiger partial charge in [0.2, 0.25) is 0 Å². The van der Waals surface area contributed by atoms with Gasteiger partial charge in [0.05, 0.1) is 0 Å². The number of benzene rings is 1. The summed E-state index contributed by atoms with van der Waals surface area (Å²) in [6.07, 6.45) is 1.09. The van der Waals surface area contributed by atoms with Gasteiger partial charge in [-0.3, -0.25) is 0 Å². The van der Waals surface area contributed by atoms with Crippen LogP contribution in [-0.2, 0) is 0 Å². The third-order valence-electron chi connectivity index (χ3n) is 2.81. The molecule has 0 spiro atoms. The molecule has 0 radical (unpaired) electrons. The molecule has 0 aliphatic carbocycles. The molecule has 1 aromatic carbocycles. The van der Waals surface area contributed by atoms with Crippen molar-refractivity contribution in [2.24, 2.45) is 0 Å². The molecule has 1 aliphatic rings. The zero-order valence-corrected chi connectivity index (χ0v) is 8.93. The summed E-state index contributed by atoms with van der Waals surface area (Å²) in [5.74, 6) is 0.764. The van der Waals surface area contributed by atoms with Crippen LogP contribution in [-0.4, -0.2) is 18.2 Å². The van der Waals surface area contributed by atoms with Crippen LogP contribution in [0, 0.1) is 6.92 Å². The third-order valence-corrected chi connectivity index (χ3v) is 3.22. The van der Waals surface area contributed by atoms with Crippen molar-refractivity contribution in [1.29, 1.82) is 0 Å². The van der Waals surface area contributed by atoms with Gasteiger partial charge < -0.3 is 10.4 Å². The lowest BCUT2D eigenvalue weighted by atomic mass is 9.96. The highest BCUT2D eigenvalue weighted by Crippen LogP contribution is 2.33. The fourth-order valence-corrected chi connectivity index (χ4v) is 2.10. The SMILES string of the molecule is Cc1cc([C@@H]2CCNC2)c(O)cc1Cl. The van der Waals surface area contributed by atoms with Crippen molar-refractivity contribution in [1.82, 2.24) is 5.32 Å². The molecule has 0 amide bonds. The summed E-state index contributed by atoms with van der Waals surface area (Å²) in [7, 11) is 0. The molecule has 1 aliphatic heterocycles. The normalized spacial score (nSPS) is 21.4. The number of aromatic hydroxyl groups is 1. The second-order valence-electron chi connectivity index (χ2n) is 3.85. The van der Waals surface area contributed by atoms with Crippen LogP contribution in [0.5, 0.6) is 5.75 Å². The van der Waals surface area contributed by atoms with Crippen molar-refractivity contribution in [3.63, 3.8) is 0 Å². The molecule has 0 aromatic heterocycles. The van der Waals surface area contributed by atoms with Gasteiger partial charge in [0, 0.05) is 17.5 Å². The Bertz CT molecular complexity index is 345. The number of hydrogen-bond acceptors (Lipinski definition) is 2. The number of aryl methyl sites for hydroxylation is 1. The summed E-state index contributed by atoms with van der Waals surface area (Å²) >= 11 is 5.92. The second-order valence-corrected chi connectivity index (χ2v) is 4.26. The maximum Gasteiger partial charge on any atom is 0.120 e. The number of halogens is 1. The molecule has 2 nitrogen and oxygen atoms in total. The molecule has 0 bridgehead atoms. The van der Waals surface area contributed by atoms with Crippen LogP contribution in [0.1, 0.15) is 23.5 Å². The highest BCUT2D eigenvalue weighted by atomic mass is 35.5. The molecule has 1 saturated heterocycles. The molecule has 14 heavy (non-hydrogen) atoms. The smallest absolute Gasteiger partial charge is 0.120 e. The molecule has 76 valence electrons. The first-order valence-corrected chi connectivity index (χ1v) is 5.26. The minimum absolute atomic E-state index is 0.328. The second kappa shape index (κ2) is 3.79. The zero-order chi connectivity index (χ0) is 10.1. The summed E-state index contributed by atoms with van der Waals surface area (Å²) in [5, 5.41) is 13.7.